The molecule has 0 radical (unpaired) electrons. The van der Waals surface area contributed by atoms with Crippen LogP contribution in [0.5, 0.6) is 0 Å². The Labute approximate surface area is 135 Å². The quantitative estimate of drug-likeness (QED) is 0.261. The van der Waals surface area contributed by atoms with Gasteiger partial charge in [0.1, 0.15) is 0 Å². The fourth-order valence-corrected chi connectivity index (χ4v) is 4.90. The minimum Gasteiger partial charge on any atom is -0.394 e. The highest BCUT2D eigenvalue weighted by atomic mass is 28.4. The molecule has 0 aromatic carbocycles. The van der Waals surface area contributed by atoms with Crippen molar-refractivity contribution in [3.05, 3.63) is 0 Å². The van der Waals surface area contributed by atoms with Crippen LogP contribution >= 0.6 is 0 Å². The molecule has 0 aliphatic heterocycles. The van der Waals surface area contributed by atoms with Gasteiger partial charge in [-0.3, -0.25) is 0 Å². The molecule has 0 aromatic heterocycles. The number of hydrogen-bond donors (Lipinski definition) is 0. The lowest BCUT2D eigenvalue weighted by molar-refractivity contribution is 0.157. The lowest BCUT2D eigenvalue weighted by Gasteiger charge is -2.29. The van der Waals surface area contributed by atoms with Gasteiger partial charge in [0.05, 0.1) is 0 Å². The van der Waals surface area contributed by atoms with E-state index in [1.165, 1.54) is 51.4 Å². The fourth-order valence-electron chi connectivity index (χ4n) is 2.49. The largest absolute Gasteiger partial charge is 0.394 e. The van der Waals surface area contributed by atoms with Crippen LogP contribution in [0.15, 0.2) is 0 Å². The van der Waals surface area contributed by atoms with Crippen LogP contribution in [0.3, 0.4) is 0 Å². The molecule has 128 valence electrons. The zero-order valence-electron chi connectivity index (χ0n) is 15.4. The maximum atomic E-state index is 6.27. The second-order valence-corrected chi connectivity index (χ2v) is 10.2. The molecule has 0 aromatic rings. The summed E-state index contributed by atoms with van der Waals surface area (Å²) >= 11 is 0. The average Bonchev–Trinajstić information content (AvgIpc) is 2.52. The Kier molecular flexibility index (Phi) is 13.9. The van der Waals surface area contributed by atoms with Crippen LogP contribution in [0.1, 0.15) is 86.0 Å². The number of hydrogen-bond acceptors (Lipinski definition) is 2. The predicted octanol–water partition coefficient (Wildman–Crippen LogP) is 6.30. The second-order valence-electron chi connectivity index (χ2n) is 6.38. The minimum absolute atomic E-state index is 0.768. The summed E-state index contributed by atoms with van der Waals surface area (Å²) in [6, 6.07) is 2.17. The summed E-state index contributed by atoms with van der Waals surface area (Å²) in [6.45, 7) is 13.1. The molecule has 1 atom stereocenters. The smallest absolute Gasteiger partial charge is 0.337 e. The summed E-state index contributed by atoms with van der Waals surface area (Å²) in [4.78, 5) is 0. The highest BCUT2D eigenvalue weighted by Gasteiger charge is 2.33. The summed E-state index contributed by atoms with van der Waals surface area (Å²) in [7, 11) is -1.90. The van der Waals surface area contributed by atoms with Crippen LogP contribution in [0.25, 0.3) is 0 Å². The van der Waals surface area contributed by atoms with Gasteiger partial charge in [0, 0.05) is 13.2 Å². The molecule has 21 heavy (non-hydrogen) atoms. The third kappa shape index (κ3) is 10.5. The van der Waals surface area contributed by atoms with E-state index in [2.05, 4.69) is 34.6 Å². The average molecular weight is 317 g/mol. The third-order valence-electron chi connectivity index (χ3n) is 4.61. The van der Waals surface area contributed by atoms with Crippen LogP contribution < -0.4 is 0 Å². The molecule has 0 rings (SSSR count). The van der Waals surface area contributed by atoms with Crippen molar-refractivity contribution in [2.75, 3.05) is 13.2 Å². The van der Waals surface area contributed by atoms with Crippen molar-refractivity contribution in [3.63, 3.8) is 0 Å². The van der Waals surface area contributed by atoms with E-state index >= 15 is 0 Å². The van der Waals surface area contributed by atoms with Crippen LogP contribution in [-0.2, 0) is 8.85 Å². The minimum atomic E-state index is -1.90. The molecule has 0 aliphatic rings. The fraction of sp³-hybridized carbons (Fsp3) is 1.00. The van der Waals surface area contributed by atoms with Crippen molar-refractivity contribution in [2.45, 2.75) is 98.1 Å². The molecular formula is C18H40O2Si. The maximum absolute atomic E-state index is 6.27. The Morgan fingerprint density at radius 1 is 0.762 bits per heavy atom. The van der Waals surface area contributed by atoms with Gasteiger partial charge < -0.3 is 8.85 Å². The van der Waals surface area contributed by atoms with Gasteiger partial charge in [0.25, 0.3) is 0 Å². The van der Waals surface area contributed by atoms with Crippen molar-refractivity contribution in [2.24, 2.45) is 5.92 Å². The third-order valence-corrected chi connectivity index (χ3v) is 8.23. The molecular weight excluding hydrogens is 276 g/mol. The molecule has 0 aliphatic carbocycles. The van der Waals surface area contributed by atoms with Gasteiger partial charge in [-0.1, -0.05) is 73.1 Å². The van der Waals surface area contributed by atoms with Crippen molar-refractivity contribution in [1.29, 1.82) is 0 Å². The van der Waals surface area contributed by atoms with Crippen molar-refractivity contribution in [1.82, 2.24) is 0 Å². The van der Waals surface area contributed by atoms with E-state index in [0.717, 1.165) is 31.2 Å². The Balaban J connectivity index is 3.87. The van der Waals surface area contributed by atoms with Crippen LogP contribution in [-0.4, -0.2) is 21.8 Å². The van der Waals surface area contributed by atoms with Crippen LogP contribution in [0, 0.1) is 5.92 Å². The topological polar surface area (TPSA) is 18.5 Å². The first-order valence-corrected chi connectivity index (χ1v) is 11.6. The molecule has 2 nitrogen and oxygen atoms in total. The molecule has 0 fully saturated rings. The van der Waals surface area contributed by atoms with Gasteiger partial charge in [0.2, 0.25) is 0 Å². The van der Waals surface area contributed by atoms with Gasteiger partial charge in [-0.25, -0.2) is 0 Å². The highest BCUT2D eigenvalue weighted by Crippen LogP contribution is 2.21. The summed E-state index contributed by atoms with van der Waals surface area (Å²) < 4.78 is 12.5. The first-order valence-electron chi connectivity index (χ1n) is 9.41. The van der Waals surface area contributed by atoms with Gasteiger partial charge in [-0.2, -0.15) is 0 Å². The van der Waals surface area contributed by atoms with Crippen molar-refractivity contribution < 1.29 is 8.85 Å². The van der Waals surface area contributed by atoms with E-state index in [1.807, 2.05) is 0 Å². The Morgan fingerprint density at radius 3 is 1.90 bits per heavy atom. The normalized spacial score (nSPS) is 13.6. The zero-order chi connectivity index (χ0) is 16.0. The molecule has 3 heteroatoms. The summed E-state index contributed by atoms with van der Waals surface area (Å²) in [5, 5.41) is 0. The first kappa shape index (κ1) is 21.1. The highest BCUT2D eigenvalue weighted by molar-refractivity contribution is 6.67. The van der Waals surface area contributed by atoms with Gasteiger partial charge in [-0.05, 0) is 30.8 Å². The number of rotatable bonds is 15. The molecule has 0 bridgehead atoms. The first-order chi connectivity index (χ1) is 10.1. The lowest BCUT2D eigenvalue weighted by Crippen LogP contribution is -2.41. The van der Waals surface area contributed by atoms with Gasteiger partial charge >= 0.3 is 8.56 Å². The number of unbranched alkanes of at least 4 members (excludes halogenated alkanes) is 5. The van der Waals surface area contributed by atoms with E-state index < -0.39 is 8.56 Å². The Bertz CT molecular complexity index is 217. The van der Waals surface area contributed by atoms with Crippen molar-refractivity contribution >= 4 is 8.56 Å². The van der Waals surface area contributed by atoms with Crippen LogP contribution in [0.4, 0.5) is 0 Å². The summed E-state index contributed by atoms with van der Waals surface area (Å²) in [5.74, 6) is 0.768. The van der Waals surface area contributed by atoms with E-state index in [1.54, 1.807) is 0 Å². The van der Waals surface area contributed by atoms with E-state index in [0.29, 0.717) is 0 Å². The maximum Gasteiger partial charge on any atom is 0.337 e. The second kappa shape index (κ2) is 13.8. The molecule has 0 saturated heterocycles. The molecule has 0 amide bonds. The lowest BCUT2D eigenvalue weighted by atomic mass is 10.1. The molecule has 1 unspecified atom stereocenters. The zero-order valence-corrected chi connectivity index (χ0v) is 16.4. The Hall–Kier alpha value is 0.137. The molecule has 0 heterocycles. The molecule has 0 saturated carbocycles. The molecule has 0 spiro atoms. The van der Waals surface area contributed by atoms with E-state index in [9.17, 15) is 0 Å². The van der Waals surface area contributed by atoms with E-state index in [-0.39, 0.29) is 0 Å². The molecule has 0 N–H and O–H groups in total. The summed E-state index contributed by atoms with van der Waals surface area (Å²) in [5.41, 5.74) is 0. The monoisotopic (exact) mass is 316 g/mol. The van der Waals surface area contributed by atoms with Crippen molar-refractivity contribution in [3.8, 4) is 0 Å². The SMILES string of the molecule is CCCCCCCCO[Si](CC)(CC)OCCC(C)CC. The van der Waals surface area contributed by atoms with E-state index in [4.69, 9.17) is 8.85 Å². The van der Waals surface area contributed by atoms with Gasteiger partial charge in [-0.15, -0.1) is 0 Å². The van der Waals surface area contributed by atoms with Gasteiger partial charge in [0.15, 0.2) is 0 Å². The summed E-state index contributed by atoms with van der Waals surface area (Å²) in [6.07, 6.45) is 10.4. The predicted molar refractivity (Wildman–Crippen MR) is 96.1 cm³/mol. The standard InChI is InChI=1S/C18H40O2Si/c1-6-10-11-12-13-14-16-19-21(8-3,9-4)20-17-15-18(5)7-2/h18H,6-17H2,1-5H3. The Morgan fingerprint density at radius 2 is 1.33 bits per heavy atom. The van der Waals surface area contributed by atoms with Crippen LogP contribution in [0.2, 0.25) is 12.1 Å².